The number of nitrogens with two attached hydrogens (primary N) is 1. The summed E-state index contributed by atoms with van der Waals surface area (Å²) in [5.74, 6) is -1.31. The minimum Gasteiger partial charge on any atom is -0.380 e. The summed E-state index contributed by atoms with van der Waals surface area (Å²) in [5.41, 5.74) is 0.0643. The van der Waals surface area contributed by atoms with Crippen LogP contribution in [0.1, 0.15) is 28.8 Å². The molecule has 1 unspecified atom stereocenters. The first-order valence-corrected chi connectivity index (χ1v) is 11.8. The normalized spacial score (nSPS) is 16.0. The van der Waals surface area contributed by atoms with Crippen LogP contribution in [0.25, 0.3) is 0 Å². The lowest BCUT2D eigenvalue weighted by Crippen LogP contribution is -2.18. The highest BCUT2D eigenvalue weighted by atomic mass is 32.2. The van der Waals surface area contributed by atoms with Crippen LogP contribution in [0, 0.1) is 17.1 Å². The summed E-state index contributed by atoms with van der Waals surface area (Å²) in [5, 5.41) is 17.0. The van der Waals surface area contributed by atoms with Crippen LogP contribution in [0.3, 0.4) is 0 Å². The molecular formula is C20H22FN3O4S2. The Balaban J connectivity index is 0.000000335. The molecule has 1 heterocycles. The van der Waals surface area contributed by atoms with Gasteiger partial charge in [-0.2, -0.15) is 17.0 Å². The summed E-state index contributed by atoms with van der Waals surface area (Å²) in [6.45, 7) is 1.96. The van der Waals surface area contributed by atoms with Crippen molar-refractivity contribution in [3.05, 3.63) is 59.4 Å². The Hall–Kier alpha value is -2.45. The first-order valence-electron chi connectivity index (χ1n) is 8.99. The predicted octanol–water partition coefficient (Wildman–Crippen LogP) is 3.13. The maximum absolute atomic E-state index is 13.2. The second kappa shape index (κ2) is 11.1. The van der Waals surface area contributed by atoms with Crippen LogP contribution in [0.5, 0.6) is 0 Å². The number of amides is 1. The average Bonchev–Trinajstić information content (AvgIpc) is 2.75. The molecule has 0 saturated carbocycles. The SMILES string of the molecule is CSC1CCCOC1.N#Cc1cc(NC(=O)c2cccc(S(N)(=O)=O)c2)ccc1F. The monoisotopic (exact) mass is 451 g/mol. The van der Waals surface area contributed by atoms with Gasteiger partial charge in [0, 0.05) is 23.1 Å². The van der Waals surface area contributed by atoms with E-state index in [1.165, 1.54) is 43.2 Å². The predicted molar refractivity (Wildman–Crippen MR) is 114 cm³/mol. The number of carbonyl (C=O) groups is 1. The number of carbonyl (C=O) groups excluding carboxylic acids is 1. The van der Waals surface area contributed by atoms with E-state index in [1.54, 1.807) is 6.07 Å². The summed E-state index contributed by atoms with van der Waals surface area (Å²) in [4.78, 5) is 11.9. The van der Waals surface area contributed by atoms with E-state index in [4.69, 9.17) is 15.1 Å². The van der Waals surface area contributed by atoms with Gasteiger partial charge in [-0.1, -0.05) is 6.07 Å². The molecule has 0 aromatic heterocycles. The molecule has 1 amide bonds. The Bertz CT molecular complexity index is 1030. The molecule has 0 bridgehead atoms. The minimum absolute atomic E-state index is 0.0642. The molecule has 0 radical (unpaired) electrons. The number of rotatable bonds is 4. The number of anilines is 1. The minimum atomic E-state index is -3.92. The highest BCUT2D eigenvalue weighted by Crippen LogP contribution is 2.17. The molecule has 10 heteroatoms. The fraction of sp³-hybridized carbons (Fsp3) is 0.300. The lowest BCUT2D eigenvalue weighted by molar-refractivity contribution is 0.101. The molecule has 1 aliphatic heterocycles. The first-order chi connectivity index (χ1) is 14.2. The van der Waals surface area contributed by atoms with Crippen LogP contribution in [0.2, 0.25) is 0 Å². The zero-order valence-corrected chi connectivity index (χ0v) is 17.9. The average molecular weight is 452 g/mol. The number of hydrogen-bond acceptors (Lipinski definition) is 6. The molecule has 0 spiro atoms. The molecule has 1 fully saturated rings. The third-order valence-corrected chi connectivity index (χ3v) is 6.17. The smallest absolute Gasteiger partial charge is 0.255 e. The third kappa shape index (κ3) is 7.11. The van der Waals surface area contributed by atoms with Crippen molar-refractivity contribution in [2.24, 2.45) is 5.14 Å². The van der Waals surface area contributed by atoms with Crippen LogP contribution >= 0.6 is 11.8 Å². The second-order valence-corrected chi connectivity index (χ2v) is 9.11. The number of halogens is 1. The Labute approximate surface area is 179 Å². The Kier molecular flexibility index (Phi) is 8.80. The van der Waals surface area contributed by atoms with E-state index >= 15 is 0 Å². The fourth-order valence-electron chi connectivity index (χ4n) is 2.60. The van der Waals surface area contributed by atoms with E-state index in [0.29, 0.717) is 0 Å². The molecule has 160 valence electrons. The van der Waals surface area contributed by atoms with Crippen molar-refractivity contribution in [2.75, 3.05) is 24.8 Å². The van der Waals surface area contributed by atoms with Crippen molar-refractivity contribution < 1.29 is 22.3 Å². The van der Waals surface area contributed by atoms with Gasteiger partial charge in [-0.25, -0.2) is 17.9 Å². The molecule has 3 rings (SSSR count). The van der Waals surface area contributed by atoms with Crippen LogP contribution < -0.4 is 10.5 Å². The van der Waals surface area contributed by atoms with Crippen LogP contribution in [-0.4, -0.2) is 39.0 Å². The maximum Gasteiger partial charge on any atom is 0.255 e. The zero-order chi connectivity index (χ0) is 22.1. The van der Waals surface area contributed by atoms with Gasteiger partial charge < -0.3 is 10.1 Å². The molecule has 1 atom stereocenters. The number of thioether (sulfide) groups is 1. The van der Waals surface area contributed by atoms with Gasteiger partial charge in [-0.3, -0.25) is 4.79 Å². The van der Waals surface area contributed by atoms with E-state index in [9.17, 15) is 17.6 Å². The van der Waals surface area contributed by atoms with Crippen LogP contribution in [0.15, 0.2) is 47.4 Å². The summed E-state index contributed by atoms with van der Waals surface area (Å²) < 4.78 is 41.0. The van der Waals surface area contributed by atoms with E-state index in [2.05, 4.69) is 11.6 Å². The van der Waals surface area contributed by atoms with Gasteiger partial charge in [-0.15, -0.1) is 0 Å². The molecule has 30 heavy (non-hydrogen) atoms. The van der Waals surface area contributed by atoms with E-state index in [-0.39, 0.29) is 21.7 Å². The quantitative estimate of drug-likeness (QED) is 0.736. The maximum atomic E-state index is 13.2. The molecule has 2 aromatic carbocycles. The van der Waals surface area contributed by atoms with Gasteiger partial charge in [-0.05, 0) is 55.5 Å². The van der Waals surface area contributed by atoms with Crippen molar-refractivity contribution in [1.29, 1.82) is 5.26 Å². The lowest BCUT2D eigenvalue weighted by Gasteiger charge is -2.19. The first kappa shape index (κ1) is 23.8. The number of benzene rings is 2. The Morgan fingerprint density at radius 2 is 2.10 bits per heavy atom. The number of primary sulfonamides is 1. The summed E-state index contributed by atoms with van der Waals surface area (Å²) in [6, 6.07) is 10.3. The van der Waals surface area contributed by atoms with Gasteiger partial charge in [0.05, 0.1) is 17.1 Å². The van der Waals surface area contributed by atoms with Crippen LogP contribution in [-0.2, 0) is 14.8 Å². The summed E-state index contributed by atoms with van der Waals surface area (Å²) in [6.07, 6.45) is 4.76. The number of nitrogens with zero attached hydrogens (tertiary/aromatic N) is 1. The molecule has 2 aromatic rings. The fourth-order valence-corrected chi connectivity index (χ4v) is 3.80. The molecule has 0 aliphatic carbocycles. The van der Waals surface area contributed by atoms with Crippen molar-refractivity contribution in [1.82, 2.24) is 0 Å². The Morgan fingerprint density at radius 1 is 1.33 bits per heavy atom. The largest absolute Gasteiger partial charge is 0.380 e. The molecule has 3 N–H and O–H groups in total. The van der Waals surface area contributed by atoms with Gasteiger partial charge in [0.15, 0.2) is 0 Å². The van der Waals surface area contributed by atoms with Crippen molar-refractivity contribution in [3.63, 3.8) is 0 Å². The van der Waals surface area contributed by atoms with Crippen molar-refractivity contribution >= 4 is 33.4 Å². The second-order valence-electron chi connectivity index (χ2n) is 6.41. The number of nitrogens with one attached hydrogen (secondary N) is 1. The third-order valence-electron chi connectivity index (χ3n) is 4.22. The van der Waals surface area contributed by atoms with Crippen LogP contribution in [0.4, 0.5) is 10.1 Å². The van der Waals surface area contributed by atoms with Gasteiger partial charge >= 0.3 is 0 Å². The lowest BCUT2D eigenvalue weighted by atomic mass is 10.2. The summed E-state index contributed by atoms with van der Waals surface area (Å²) in [7, 11) is -3.92. The highest BCUT2D eigenvalue weighted by Gasteiger charge is 2.13. The molecule has 1 saturated heterocycles. The van der Waals surface area contributed by atoms with Crippen molar-refractivity contribution in [2.45, 2.75) is 23.0 Å². The number of sulfonamides is 1. The van der Waals surface area contributed by atoms with E-state index < -0.39 is 21.7 Å². The van der Waals surface area contributed by atoms with Gasteiger partial charge in [0.25, 0.3) is 5.91 Å². The van der Waals surface area contributed by atoms with Crippen molar-refractivity contribution in [3.8, 4) is 6.07 Å². The van der Waals surface area contributed by atoms with E-state index in [1.807, 2.05) is 11.8 Å². The number of nitriles is 1. The summed E-state index contributed by atoms with van der Waals surface area (Å²) >= 11 is 1.92. The highest BCUT2D eigenvalue weighted by molar-refractivity contribution is 7.99. The topological polar surface area (TPSA) is 122 Å². The van der Waals surface area contributed by atoms with E-state index in [0.717, 1.165) is 30.6 Å². The molecule has 7 nitrogen and oxygen atoms in total. The van der Waals surface area contributed by atoms with Gasteiger partial charge in [0.1, 0.15) is 11.9 Å². The standard InChI is InChI=1S/C14H10FN3O3S.C6H12OS/c15-13-5-4-11(6-10(13)8-16)18-14(19)9-2-1-3-12(7-9)22(17,20)21;1-8-6-3-2-4-7-5-6/h1-7H,(H,18,19)(H2,17,20,21);6H,2-5H2,1H3. The number of hydrogen-bond donors (Lipinski definition) is 2. The zero-order valence-electron chi connectivity index (χ0n) is 16.3. The molecular weight excluding hydrogens is 429 g/mol. The van der Waals surface area contributed by atoms with Gasteiger partial charge in [0.2, 0.25) is 10.0 Å². The molecule has 1 aliphatic rings. The Morgan fingerprint density at radius 3 is 2.67 bits per heavy atom. The number of ether oxygens (including phenoxy) is 1.